The lowest BCUT2D eigenvalue weighted by atomic mass is 10.0. The van der Waals surface area contributed by atoms with E-state index in [1.807, 2.05) is 18.2 Å². The van der Waals surface area contributed by atoms with Gasteiger partial charge in [0.2, 0.25) is 0 Å². The van der Waals surface area contributed by atoms with Crippen molar-refractivity contribution in [3.63, 3.8) is 0 Å². The molecule has 1 aromatic carbocycles. The Morgan fingerprint density at radius 2 is 2.06 bits per heavy atom. The fraction of sp³-hybridized carbons (Fsp3) is 0.417. The second kappa shape index (κ2) is 3.22. The fourth-order valence-corrected chi connectivity index (χ4v) is 2.27. The van der Waals surface area contributed by atoms with Gasteiger partial charge in [-0.3, -0.25) is 0 Å². The number of benzene rings is 1. The van der Waals surface area contributed by atoms with Crippen molar-refractivity contribution in [3.05, 3.63) is 34.2 Å². The highest BCUT2D eigenvalue weighted by atomic mass is 16.3. The summed E-state index contributed by atoms with van der Waals surface area (Å²) in [5, 5.41) is 10.1. The van der Waals surface area contributed by atoms with Gasteiger partial charge >= 0.3 is 5.69 Å². The summed E-state index contributed by atoms with van der Waals surface area (Å²) in [6.45, 7) is 2.14. The van der Waals surface area contributed by atoms with Crippen molar-refractivity contribution in [2.75, 3.05) is 0 Å². The normalized spacial score (nSPS) is 25.9. The molecule has 0 spiro atoms. The molecule has 0 bridgehead atoms. The Kier molecular flexibility index (Phi) is 1.94. The number of hydrogen-bond acceptors (Lipinski definition) is 2. The Morgan fingerprint density at radius 1 is 1.38 bits per heavy atom. The molecule has 4 heteroatoms. The van der Waals surface area contributed by atoms with Gasteiger partial charge in [0, 0.05) is 0 Å². The number of aliphatic hydroxyl groups excluding tert-OH is 1. The molecule has 1 fully saturated rings. The molecule has 4 nitrogen and oxygen atoms in total. The lowest BCUT2D eigenvalue weighted by Crippen LogP contribution is -2.00. The predicted octanol–water partition coefficient (Wildman–Crippen LogP) is 1.55. The van der Waals surface area contributed by atoms with Gasteiger partial charge in [-0.05, 0) is 36.0 Å². The molecule has 3 unspecified atom stereocenters. The molecule has 3 rings (SSSR count). The van der Waals surface area contributed by atoms with Crippen LogP contribution in [0.2, 0.25) is 0 Å². The number of fused-ring (bicyclic) bond motifs is 1. The van der Waals surface area contributed by atoms with Gasteiger partial charge in [-0.25, -0.2) is 4.79 Å². The van der Waals surface area contributed by atoms with E-state index in [2.05, 4.69) is 16.9 Å². The Morgan fingerprint density at radius 3 is 2.75 bits per heavy atom. The first-order valence-electron chi connectivity index (χ1n) is 5.55. The van der Waals surface area contributed by atoms with Gasteiger partial charge in [0.1, 0.15) is 0 Å². The van der Waals surface area contributed by atoms with Crippen LogP contribution in [0.3, 0.4) is 0 Å². The van der Waals surface area contributed by atoms with Crippen LogP contribution in [0.15, 0.2) is 23.0 Å². The first kappa shape index (κ1) is 9.66. The van der Waals surface area contributed by atoms with Crippen molar-refractivity contribution in [3.8, 4) is 0 Å². The second-order valence-electron chi connectivity index (χ2n) is 4.71. The number of hydrogen-bond donors (Lipinski definition) is 3. The number of aromatic amines is 2. The summed E-state index contributed by atoms with van der Waals surface area (Å²) in [5.74, 6) is 0.985. The van der Waals surface area contributed by atoms with Crippen LogP contribution in [0.25, 0.3) is 11.0 Å². The molecule has 1 aromatic heterocycles. The van der Waals surface area contributed by atoms with E-state index in [0.717, 1.165) is 23.0 Å². The molecule has 3 atom stereocenters. The summed E-state index contributed by atoms with van der Waals surface area (Å²) in [5.41, 5.74) is 2.22. The quantitative estimate of drug-likeness (QED) is 0.715. The Hall–Kier alpha value is -1.55. The molecule has 1 aliphatic rings. The van der Waals surface area contributed by atoms with Gasteiger partial charge in [-0.2, -0.15) is 0 Å². The zero-order chi connectivity index (χ0) is 11.3. The molecule has 3 N–H and O–H groups in total. The van der Waals surface area contributed by atoms with Crippen molar-refractivity contribution in [1.82, 2.24) is 9.97 Å². The van der Waals surface area contributed by atoms with Gasteiger partial charge in [0.15, 0.2) is 0 Å². The number of rotatable bonds is 2. The van der Waals surface area contributed by atoms with Gasteiger partial charge in [0.25, 0.3) is 0 Å². The van der Waals surface area contributed by atoms with Crippen LogP contribution in [0.1, 0.15) is 25.0 Å². The van der Waals surface area contributed by atoms with Crippen LogP contribution in [0.5, 0.6) is 0 Å². The van der Waals surface area contributed by atoms with E-state index in [-0.39, 0.29) is 5.69 Å². The van der Waals surface area contributed by atoms with E-state index in [1.165, 1.54) is 0 Å². The van der Waals surface area contributed by atoms with Gasteiger partial charge < -0.3 is 15.1 Å². The predicted molar refractivity (Wildman–Crippen MR) is 61.2 cm³/mol. The van der Waals surface area contributed by atoms with E-state index < -0.39 is 6.10 Å². The zero-order valence-electron chi connectivity index (χ0n) is 9.03. The van der Waals surface area contributed by atoms with Crippen LogP contribution in [-0.2, 0) is 0 Å². The van der Waals surface area contributed by atoms with Crippen molar-refractivity contribution in [1.29, 1.82) is 0 Å². The largest absolute Gasteiger partial charge is 0.388 e. The lowest BCUT2D eigenvalue weighted by molar-refractivity contribution is 0.148. The molecular weight excluding hydrogens is 204 g/mol. The molecule has 2 aromatic rings. The number of H-pyrrole nitrogens is 2. The molecule has 0 aliphatic heterocycles. The SMILES string of the molecule is CC1CC1C(O)c1ccc2[nH]c(=O)[nH]c2c1. The Bertz CT molecular complexity index is 584. The lowest BCUT2D eigenvalue weighted by Gasteiger charge is -2.09. The fourth-order valence-electron chi connectivity index (χ4n) is 2.27. The summed E-state index contributed by atoms with van der Waals surface area (Å²) >= 11 is 0. The number of aliphatic hydroxyl groups is 1. The van der Waals surface area contributed by atoms with Crippen molar-refractivity contribution >= 4 is 11.0 Å². The highest BCUT2D eigenvalue weighted by Gasteiger charge is 2.39. The van der Waals surface area contributed by atoms with Crippen molar-refractivity contribution in [2.45, 2.75) is 19.4 Å². The van der Waals surface area contributed by atoms with Gasteiger partial charge in [0.05, 0.1) is 17.1 Å². The molecule has 0 amide bonds. The Labute approximate surface area is 92.3 Å². The molecule has 1 heterocycles. The first-order valence-corrected chi connectivity index (χ1v) is 5.55. The third-order valence-corrected chi connectivity index (χ3v) is 3.46. The first-order chi connectivity index (χ1) is 7.65. The zero-order valence-corrected chi connectivity index (χ0v) is 9.03. The van der Waals surface area contributed by atoms with Crippen LogP contribution in [0, 0.1) is 11.8 Å². The molecule has 1 saturated carbocycles. The van der Waals surface area contributed by atoms with Crippen LogP contribution in [0.4, 0.5) is 0 Å². The molecular formula is C12H14N2O2. The monoisotopic (exact) mass is 218 g/mol. The smallest absolute Gasteiger partial charge is 0.323 e. The van der Waals surface area contributed by atoms with E-state index in [9.17, 15) is 9.90 Å². The average molecular weight is 218 g/mol. The highest BCUT2D eigenvalue weighted by Crippen LogP contribution is 2.46. The van der Waals surface area contributed by atoms with E-state index in [1.54, 1.807) is 0 Å². The van der Waals surface area contributed by atoms with E-state index in [4.69, 9.17) is 0 Å². The maximum Gasteiger partial charge on any atom is 0.323 e. The van der Waals surface area contributed by atoms with E-state index in [0.29, 0.717) is 11.8 Å². The number of aromatic nitrogens is 2. The average Bonchev–Trinajstić information content (AvgIpc) is 2.85. The summed E-state index contributed by atoms with van der Waals surface area (Å²) < 4.78 is 0. The number of nitrogens with one attached hydrogen (secondary N) is 2. The summed E-state index contributed by atoms with van der Waals surface area (Å²) in [4.78, 5) is 16.5. The van der Waals surface area contributed by atoms with Crippen molar-refractivity contribution < 1.29 is 5.11 Å². The molecule has 84 valence electrons. The Balaban J connectivity index is 2.01. The molecule has 0 saturated heterocycles. The molecule has 0 radical (unpaired) electrons. The number of imidazole rings is 1. The maximum atomic E-state index is 11.1. The minimum absolute atomic E-state index is 0.207. The highest BCUT2D eigenvalue weighted by molar-refractivity contribution is 5.75. The molecule has 1 aliphatic carbocycles. The third-order valence-electron chi connectivity index (χ3n) is 3.46. The van der Waals surface area contributed by atoms with Crippen molar-refractivity contribution in [2.24, 2.45) is 11.8 Å². The topological polar surface area (TPSA) is 68.9 Å². The summed E-state index contributed by atoms with van der Waals surface area (Å²) in [7, 11) is 0. The summed E-state index contributed by atoms with van der Waals surface area (Å²) in [6.07, 6.45) is 0.681. The second-order valence-corrected chi connectivity index (χ2v) is 4.71. The maximum absolute atomic E-state index is 11.1. The third kappa shape index (κ3) is 1.46. The van der Waals surface area contributed by atoms with Crippen LogP contribution < -0.4 is 5.69 Å². The summed E-state index contributed by atoms with van der Waals surface area (Å²) in [6, 6.07) is 5.56. The minimum atomic E-state index is -0.405. The standard InChI is InChI=1S/C12H14N2O2/c1-6-4-8(6)11(15)7-2-3-9-10(5-7)14-12(16)13-9/h2-3,5-6,8,11,15H,4H2,1H3,(H2,13,14,16). The van der Waals surface area contributed by atoms with E-state index >= 15 is 0 Å². The van der Waals surface area contributed by atoms with Gasteiger partial charge in [-0.15, -0.1) is 0 Å². The van der Waals surface area contributed by atoms with Gasteiger partial charge in [-0.1, -0.05) is 13.0 Å². The van der Waals surface area contributed by atoms with Crippen LogP contribution >= 0.6 is 0 Å². The minimum Gasteiger partial charge on any atom is -0.388 e. The molecule has 16 heavy (non-hydrogen) atoms. The van der Waals surface area contributed by atoms with Crippen LogP contribution in [-0.4, -0.2) is 15.1 Å².